The molecule has 0 radical (unpaired) electrons. The molecule has 0 aromatic heterocycles. The standard InChI is InChI=1S/C11H22N2O3/c1-8(2)12-10(14)5-6-13(9(3)4)7-11(15)16/h8-9H,5-7H2,1-4H3,(H,12,14)(H,15,16). The van der Waals surface area contributed by atoms with Crippen LogP contribution in [0.5, 0.6) is 0 Å². The van der Waals surface area contributed by atoms with Gasteiger partial charge in [0.15, 0.2) is 0 Å². The van der Waals surface area contributed by atoms with E-state index >= 15 is 0 Å². The summed E-state index contributed by atoms with van der Waals surface area (Å²) in [6, 6.07) is 0.252. The van der Waals surface area contributed by atoms with Gasteiger partial charge in [0.1, 0.15) is 0 Å². The third-order valence-electron chi connectivity index (χ3n) is 2.14. The Morgan fingerprint density at radius 3 is 2.19 bits per heavy atom. The topological polar surface area (TPSA) is 69.6 Å². The molecule has 0 aromatic carbocycles. The van der Waals surface area contributed by atoms with Gasteiger partial charge in [-0.25, -0.2) is 0 Å². The maximum atomic E-state index is 11.4. The fourth-order valence-electron chi connectivity index (χ4n) is 1.33. The monoisotopic (exact) mass is 230 g/mol. The van der Waals surface area contributed by atoms with Gasteiger partial charge in [0.25, 0.3) is 0 Å². The van der Waals surface area contributed by atoms with E-state index in [1.807, 2.05) is 27.7 Å². The fourth-order valence-corrected chi connectivity index (χ4v) is 1.33. The van der Waals surface area contributed by atoms with Crippen molar-refractivity contribution in [3.05, 3.63) is 0 Å². The fraction of sp³-hybridized carbons (Fsp3) is 0.818. The lowest BCUT2D eigenvalue weighted by Crippen LogP contribution is -2.39. The summed E-state index contributed by atoms with van der Waals surface area (Å²) in [7, 11) is 0. The molecule has 0 aliphatic rings. The molecule has 0 saturated carbocycles. The van der Waals surface area contributed by atoms with Crippen molar-refractivity contribution in [3.8, 4) is 0 Å². The molecule has 0 aliphatic carbocycles. The maximum Gasteiger partial charge on any atom is 0.317 e. The summed E-state index contributed by atoms with van der Waals surface area (Å²) in [5.74, 6) is -0.899. The lowest BCUT2D eigenvalue weighted by molar-refractivity contribution is -0.139. The average molecular weight is 230 g/mol. The maximum absolute atomic E-state index is 11.4. The van der Waals surface area contributed by atoms with E-state index in [9.17, 15) is 9.59 Å². The number of carboxylic acid groups (broad SMARTS) is 1. The summed E-state index contributed by atoms with van der Waals surface area (Å²) in [5, 5.41) is 11.5. The zero-order valence-electron chi connectivity index (χ0n) is 10.5. The Hall–Kier alpha value is -1.10. The van der Waals surface area contributed by atoms with Crippen LogP contribution in [0.3, 0.4) is 0 Å². The van der Waals surface area contributed by atoms with Crippen LogP contribution in [0.25, 0.3) is 0 Å². The third kappa shape index (κ3) is 7.23. The molecular weight excluding hydrogens is 208 g/mol. The Morgan fingerprint density at radius 2 is 1.81 bits per heavy atom. The highest BCUT2D eigenvalue weighted by Crippen LogP contribution is 1.99. The van der Waals surface area contributed by atoms with Crippen molar-refractivity contribution < 1.29 is 14.7 Å². The van der Waals surface area contributed by atoms with Crippen molar-refractivity contribution in [1.29, 1.82) is 0 Å². The molecule has 0 fully saturated rings. The molecule has 0 aliphatic heterocycles. The van der Waals surface area contributed by atoms with E-state index in [0.717, 1.165) is 0 Å². The van der Waals surface area contributed by atoms with Gasteiger partial charge in [-0.2, -0.15) is 0 Å². The van der Waals surface area contributed by atoms with Gasteiger partial charge in [-0.3, -0.25) is 14.5 Å². The normalized spacial score (nSPS) is 11.2. The molecular formula is C11H22N2O3. The van der Waals surface area contributed by atoms with Crippen molar-refractivity contribution >= 4 is 11.9 Å². The molecule has 5 heteroatoms. The summed E-state index contributed by atoms with van der Waals surface area (Å²) in [5.41, 5.74) is 0. The van der Waals surface area contributed by atoms with E-state index in [-0.39, 0.29) is 24.5 Å². The lowest BCUT2D eigenvalue weighted by atomic mass is 10.2. The van der Waals surface area contributed by atoms with Crippen molar-refractivity contribution in [2.45, 2.75) is 46.2 Å². The molecule has 0 rings (SSSR count). The number of aliphatic carboxylic acids is 1. The van der Waals surface area contributed by atoms with E-state index in [1.54, 1.807) is 4.90 Å². The molecule has 16 heavy (non-hydrogen) atoms. The Balaban J connectivity index is 4.02. The summed E-state index contributed by atoms with van der Waals surface area (Å²) >= 11 is 0. The predicted molar refractivity (Wildman–Crippen MR) is 62.2 cm³/mol. The number of nitrogens with one attached hydrogen (secondary N) is 1. The zero-order chi connectivity index (χ0) is 12.7. The quantitative estimate of drug-likeness (QED) is 0.675. The first-order chi connectivity index (χ1) is 7.32. The van der Waals surface area contributed by atoms with Crippen molar-refractivity contribution in [2.24, 2.45) is 0 Å². The van der Waals surface area contributed by atoms with Crippen LogP contribution in [-0.2, 0) is 9.59 Å². The first kappa shape index (κ1) is 14.9. The Kier molecular flexibility index (Phi) is 6.72. The molecule has 0 spiro atoms. The van der Waals surface area contributed by atoms with Gasteiger partial charge in [0.05, 0.1) is 6.54 Å². The molecule has 0 atom stereocenters. The number of carbonyl (C=O) groups excluding carboxylic acids is 1. The number of hydrogen-bond acceptors (Lipinski definition) is 3. The third-order valence-corrected chi connectivity index (χ3v) is 2.14. The van der Waals surface area contributed by atoms with Crippen LogP contribution in [-0.4, -0.2) is 47.1 Å². The van der Waals surface area contributed by atoms with Crippen molar-refractivity contribution in [2.75, 3.05) is 13.1 Å². The Labute approximate surface area is 96.8 Å². The second-order valence-electron chi connectivity index (χ2n) is 4.43. The van der Waals surface area contributed by atoms with E-state index in [2.05, 4.69) is 5.32 Å². The van der Waals surface area contributed by atoms with Crippen LogP contribution < -0.4 is 5.32 Å². The highest BCUT2D eigenvalue weighted by molar-refractivity contribution is 5.76. The first-order valence-corrected chi connectivity index (χ1v) is 5.58. The van der Waals surface area contributed by atoms with Gasteiger partial charge in [-0.15, -0.1) is 0 Å². The number of carboxylic acids is 1. The zero-order valence-corrected chi connectivity index (χ0v) is 10.5. The smallest absolute Gasteiger partial charge is 0.317 e. The summed E-state index contributed by atoms with van der Waals surface area (Å²) in [6.45, 7) is 8.09. The molecule has 2 N–H and O–H groups in total. The van der Waals surface area contributed by atoms with Gasteiger partial charge in [-0.1, -0.05) is 0 Å². The Bertz CT molecular complexity index is 239. The second-order valence-corrected chi connectivity index (χ2v) is 4.43. The van der Waals surface area contributed by atoms with Gasteiger partial charge in [-0.05, 0) is 27.7 Å². The van der Waals surface area contributed by atoms with E-state index in [0.29, 0.717) is 13.0 Å². The molecule has 1 amide bonds. The summed E-state index contributed by atoms with van der Waals surface area (Å²) < 4.78 is 0. The van der Waals surface area contributed by atoms with E-state index < -0.39 is 5.97 Å². The Morgan fingerprint density at radius 1 is 1.25 bits per heavy atom. The number of hydrogen-bond donors (Lipinski definition) is 2. The largest absolute Gasteiger partial charge is 0.480 e. The molecule has 0 aromatic rings. The van der Waals surface area contributed by atoms with Gasteiger partial charge in [0.2, 0.25) is 5.91 Å². The minimum absolute atomic E-state index is 0.0212. The second kappa shape index (κ2) is 7.22. The van der Waals surface area contributed by atoms with Crippen LogP contribution >= 0.6 is 0 Å². The predicted octanol–water partition coefficient (Wildman–Crippen LogP) is 0.696. The van der Waals surface area contributed by atoms with Gasteiger partial charge >= 0.3 is 5.97 Å². The highest BCUT2D eigenvalue weighted by atomic mass is 16.4. The van der Waals surface area contributed by atoms with Crippen LogP contribution in [0.4, 0.5) is 0 Å². The van der Waals surface area contributed by atoms with Crippen LogP contribution in [0.15, 0.2) is 0 Å². The number of carbonyl (C=O) groups is 2. The average Bonchev–Trinajstić information content (AvgIpc) is 2.09. The van der Waals surface area contributed by atoms with Crippen molar-refractivity contribution in [3.63, 3.8) is 0 Å². The lowest BCUT2D eigenvalue weighted by Gasteiger charge is -2.24. The van der Waals surface area contributed by atoms with Crippen molar-refractivity contribution in [1.82, 2.24) is 10.2 Å². The number of rotatable bonds is 7. The molecule has 5 nitrogen and oxygen atoms in total. The van der Waals surface area contributed by atoms with Gasteiger partial charge in [0, 0.05) is 25.0 Å². The first-order valence-electron chi connectivity index (χ1n) is 5.58. The SMILES string of the molecule is CC(C)NC(=O)CCN(CC(=O)O)C(C)C. The highest BCUT2D eigenvalue weighted by Gasteiger charge is 2.14. The summed E-state index contributed by atoms with van der Waals surface area (Å²) in [4.78, 5) is 23.7. The molecule has 94 valence electrons. The molecule has 0 saturated heterocycles. The molecule has 0 unspecified atom stereocenters. The van der Waals surface area contributed by atoms with E-state index in [4.69, 9.17) is 5.11 Å². The minimum atomic E-state index is -0.863. The number of amides is 1. The molecule has 0 bridgehead atoms. The summed E-state index contributed by atoms with van der Waals surface area (Å²) in [6.07, 6.45) is 0.337. The van der Waals surface area contributed by atoms with Crippen LogP contribution in [0, 0.1) is 0 Å². The van der Waals surface area contributed by atoms with Gasteiger partial charge < -0.3 is 10.4 Å². The van der Waals surface area contributed by atoms with Crippen LogP contribution in [0.1, 0.15) is 34.1 Å². The van der Waals surface area contributed by atoms with Crippen LogP contribution in [0.2, 0.25) is 0 Å². The molecule has 0 heterocycles. The van der Waals surface area contributed by atoms with E-state index in [1.165, 1.54) is 0 Å². The minimum Gasteiger partial charge on any atom is -0.480 e. The number of nitrogens with zero attached hydrogens (tertiary/aromatic N) is 1.